The van der Waals surface area contributed by atoms with Crippen molar-refractivity contribution in [1.29, 1.82) is 0 Å². The Hall–Kier alpha value is -2.65. The zero-order valence-electron chi connectivity index (χ0n) is 13.9. The lowest BCUT2D eigenvalue weighted by molar-refractivity contribution is 0.257. The Labute approximate surface area is 146 Å². The van der Waals surface area contributed by atoms with Gasteiger partial charge in [0.05, 0.1) is 17.6 Å². The Morgan fingerprint density at radius 3 is 2.72 bits per heavy atom. The number of anilines is 3. The van der Waals surface area contributed by atoms with E-state index in [4.69, 9.17) is 0 Å². The third-order valence-corrected chi connectivity index (χ3v) is 4.85. The molecule has 134 valence electrons. The molecule has 3 N–H and O–H groups in total. The van der Waals surface area contributed by atoms with Gasteiger partial charge in [-0.1, -0.05) is 12.1 Å². The fraction of sp³-hybridized carbons (Fsp3) is 0.250. The standard InChI is InChI=1S/C16H20N4O4S/c1-3-18-16(22)25(23,24)20(11-21)15-10-17-8-7-14(15)19-13-6-4-5-12(2)9-13/h4-10,21H,3,11H2,1-2H3,(H,17,19)(H,18,22). The van der Waals surface area contributed by atoms with E-state index in [0.717, 1.165) is 11.3 Å². The summed E-state index contributed by atoms with van der Waals surface area (Å²) in [6, 6.07) is 9.05. The molecule has 1 heterocycles. The van der Waals surface area contributed by atoms with Crippen LogP contribution in [0.2, 0.25) is 0 Å². The number of nitrogens with one attached hydrogen (secondary N) is 2. The molecule has 25 heavy (non-hydrogen) atoms. The first-order valence-electron chi connectivity index (χ1n) is 7.59. The number of aliphatic hydroxyl groups excluding tert-OH is 1. The molecule has 0 bridgehead atoms. The van der Waals surface area contributed by atoms with Crippen molar-refractivity contribution in [3.63, 3.8) is 0 Å². The average molecular weight is 364 g/mol. The van der Waals surface area contributed by atoms with Crippen molar-refractivity contribution < 1.29 is 18.3 Å². The summed E-state index contributed by atoms with van der Waals surface area (Å²) in [5.74, 6) is 0. The maximum atomic E-state index is 12.4. The molecule has 2 rings (SSSR count). The van der Waals surface area contributed by atoms with E-state index in [1.54, 1.807) is 13.0 Å². The maximum Gasteiger partial charge on any atom is 0.357 e. The van der Waals surface area contributed by atoms with Gasteiger partial charge in [-0.2, -0.15) is 8.42 Å². The van der Waals surface area contributed by atoms with Gasteiger partial charge in [0, 0.05) is 18.4 Å². The number of carbonyl (C=O) groups is 1. The summed E-state index contributed by atoms with van der Waals surface area (Å²) in [7, 11) is -4.44. The maximum absolute atomic E-state index is 12.4. The monoisotopic (exact) mass is 364 g/mol. The van der Waals surface area contributed by atoms with Crippen LogP contribution in [0.3, 0.4) is 0 Å². The molecule has 0 atom stereocenters. The van der Waals surface area contributed by atoms with E-state index in [9.17, 15) is 18.3 Å². The summed E-state index contributed by atoms with van der Waals surface area (Å²) in [4.78, 5) is 15.8. The molecule has 0 spiro atoms. The second-order valence-electron chi connectivity index (χ2n) is 5.20. The van der Waals surface area contributed by atoms with Crippen molar-refractivity contribution in [2.75, 3.05) is 22.9 Å². The highest BCUT2D eigenvalue weighted by atomic mass is 32.2. The molecule has 0 radical (unpaired) electrons. The molecule has 1 amide bonds. The van der Waals surface area contributed by atoms with Crippen LogP contribution in [0.15, 0.2) is 42.7 Å². The molecule has 8 nitrogen and oxygen atoms in total. The van der Waals surface area contributed by atoms with Gasteiger partial charge in [-0.3, -0.25) is 9.78 Å². The number of amides is 1. The fourth-order valence-corrected chi connectivity index (χ4v) is 3.27. The predicted octanol–water partition coefficient (Wildman–Crippen LogP) is 1.95. The Balaban J connectivity index is 2.42. The zero-order chi connectivity index (χ0) is 18.4. The van der Waals surface area contributed by atoms with Gasteiger partial charge in [0.2, 0.25) is 0 Å². The molecular weight excluding hydrogens is 344 g/mol. The van der Waals surface area contributed by atoms with E-state index in [2.05, 4.69) is 15.6 Å². The Morgan fingerprint density at radius 2 is 2.08 bits per heavy atom. The molecule has 9 heteroatoms. The molecule has 0 unspecified atom stereocenters. The Kier molecular flexibility index (Phi) is 5.94. The van der Waals surface area contributed by atoms with E-state index < -0.39 is 22.0 Å². The predicted molar refractivity (Wildman–Crippen MR) is 96.3 cm³/mol. The van der Waals surface area contributed by atoms with E-state index in [0.29, 0.717) is 9.99 Å². The highest BCUT2D eigenvalue weighted by Crippen LogP contribution is 2.29. The average Bonchev–Trinajstić information content (AvgIpc) is 2.57. The number of aryl methyl sites for hydroxylation is 1. The minimum Gasteiger partial charge on any atom is -0.375 e. The summed E-state index contributed by atoms with van der Waals surface area (Å²) in [6.07, 6.45) is 2.75. The lowest BCUT2D eigenvalue weighted by atomic mass is 10.2. The number of hydrogen-bond acceptors (Lipinski definition) is 6. The van der Waals surface area contributed by atoms with Crippen LogP contribution < -0.4 is 14.9 Å². The van der Waals surface area contributed by atoms with Gasteiger partial charge < -0.3 is 15.7 Å². The molecule has 0 aliphatic heterocycles. The molecule has 0 saturated carbocycles. The van der Waals surface area contributed by atoms with E-state index >= 15 is 0 Å². The summed E-state index contributed by atoms with van der Waals surface area (Å²) in [5.41, 5.74) is 2.22. The van der Waals surface area contributed by atoms with Crippen LogP contribution >= 0.6 is 0 Å². The van der Waals surface area contributed by atoms with Crippen LogP contribution in [0.1, 0.15) is 12.5 Å². The molecule has 0 saturated heterocycles. The van der Waals surface area contributed by atoms with Crippen molar-refractivity contribution in [2.24, 2.45) is 0 Å². The van der Waals surface area contributed by atoms with Crippen molar-refractivity contribution in [1.82, 2.24) is 10.3 Å². The number of rotatable bonds is 6. The first kappa shape index (κ1) is 18.7. The quantitative estimate of drug-likeness (QED) is 0.676. The molecule has 1 aromatic carbocycles. The number of benzene rings is 1. The molecule has 1 aromatic heterocycles. The van der Waals surface area contributed by atoms with Gasteiger partial charge in [0.15, 0.2) is 0 Å². The topological polar surface area (TPSA) is 112 Å². The Bertz CT molecular complexity index is 855. The first-order chi connectivity index (χ1) is 11.9. The van der Waals surface area contributed by atoms with Crippen LogP contribution in [-0.2, 0) is 10.0 Å². The number of aromatic nitrogens is 1. The van der Waals surface area contributed by atoms with Crippen LogP contribution in [0.4, 0.5) is 21.9 Å². The number of pyridine rings is 1. The highest BCUT2D eigenvalue weighted by Gasteiger charge is 2.31. The number of sulfonamides is 1. The Morgan fingerprint density at radius 1 is 1.32 bits per heavy atom. The van der Waals surface area contributed by atoms with E-state index in [1.807, 2.05) is 31.2 Å². The molecule has 0 aliphatic carbocycles. The zero-order valence-corrected chi connectivity index (χ0v) is 14.7. The summed E-state index contributed by atoms with van der Waals surface area (Å²) >= 11 is 0. The van der Waals surface area contributed by atoms with Crippen molar-refractivity contribution in [2.45, 2.75) is 13.8 Å². The minimum atomic E-state index is -4.44. The highest BCUT2D eigenvalue weighted by molar-refractivity contribution is 8.07. The van der Waals surface area contributed by atoms with E-state index in [1.165, 1.54) is 12.4 Å². The minimum absolute atomic E-state index is 0.0674. The number of carbonyl (C=O) groups excluding carboxylic acids is 1. The van der Waals surface area contributed by atoms with Gasteiger partial charge in [-0.25, -0.2) is 4.31 Å². The SMILES string of the molecule is CCNC(=O)S(=O)(=O)N(CO)c1cnccc1Nc1cccc(C)c1. The number of aliphatic hydroxyl groups is 1. The normalized spacial score (nSPS) is 11.0. The summed E-state index contributed by atoms with van der Waals surface area (Å²) < 4.78 is 25.4. The lowest BCUT2D eigenvalue weighted by Crippen LogP contribution is -2.42. The van der Waals surface area contributed by atoms with Gasteiger partial charge in [0.25, 0.3) is 0 Å². The van der Waals surface area contributed by atoms with Gasteiger partial charge in [-0.05, 0) is 37.6 Å². The van der Waals surface area contributed by atoms with Gasteiger partial charge >= 0.3 is 15.3 Å². The second-order valence-corrected chi connectivity index (χ2v) is 6.96. The third kappa shape index (κ3) is 4.25. The molecular formula is C16H20N4O4S. The molecule has 0 fully saturated rings. The smallest absolute Gasteiger partial charge is 0.357 e. The van der Waals surface area contributed by atoms with Crippen LogP contribution in [-0.4, -0.2) is 37.0 Å². The molecule has 0 aliphatic rings. The largest absolute Gasteiger partial charge is 0.375 e. The third-order valence-electron chi connectivity index (χ3n) is 3.34. The number of nitrogens with zero attached hydrogens (tertiary/aromatic N) is 2. The van der Waals surface area contributed by atoms with E-state index in [-0.39, 0.29) is 12.2 Å². The summed E-state index contributed by atoms with van der Waals surface area (Å²) in [6.45, 7) is 2.79. The van der Waals surface area contributed by atoms with Crippen LogP contribution in [0.5, 0.6) is 0 Å². The second kappa shape index (κ2) is 7.95. The van der Waals surface area contributed by atoms with Gasteiger partial charge in [-0.15, -0.1) is 0 Å². The van der Waals surface area contributed by atoms with Crippen molar-refractivity contribution in [3.05, 3.63) is 48.3 Å². The fourth-order valence-electron chi connectivity index (χ4n) is 2.19. The van der Waals surface area contributed by atoms with Gasteiger partial charge in [0.1, 0.15) is 6.73 Å². The summed E-state index contributed by atoms with van der Waals surface area (Å²) in [5, 5.41) is 13.7. The van der Waals surface area contributed by atoms with Crippen molar-refractivity contribution >= 4 is 32.3 Å². The molecule has 2 aromatic rings. The number of hydrogen-bond donors (Lipinski definition) is 3. The van der Waals surface area contributed by atoms with Crippen LogP contribution in [0.25, 0.3) is 0 Å². The first-order valence-corrected chi connectivity index (χ1v) is 9.03. The van der Waals surface area contributed by atoms with Crippen molar-refractivity contribution in [3.8, 4) is 0 Å². The lowest BCUT2D eigenvalue weighted by Gasteiger charge is -2.23. The van der Waals surface area contributed by atoms with Crippen LogP contribution in [0, 0.1) is 6.92 Å².